The first kappa shape index (κ1) is 25.5. The largest absolute Gasteiger partial charge is 0.487 e. The standard InChI is InChI=1S/C27H34N4O5/c1-17-14-31(18(2)16-32)26(34)22-13-21(28-25(33)19-9-10-19)11-12-23(22)36-24(17)15-30(3)27(35)29-20-7-5-4-6-8-20/h4-8,11-13,17-19,24,32H,9-10,14-16H2,1-3H3,(H,28,33)(H,29,35)/t17-,18-,24-/m0/s1. The minimum absolute atomic E-state index is 0.0349. The van der Waals surface area contributed by atoms with Crippen LogP contribution in [0.3, 0.4) is 0 Å². The van der Waals surface area contributed by atoms with Crippen molar-refractivity contribution in [1.29, 1.82) is 0 Å². The predicted octanol–water partition coefficient (Wildman–Crippen LogP) is 3.42. The van der Waals surface area contributed by atoms with Gasteiger partial charge in [-0.05, 0) is 50.1 Å². The number of rotatable bonds is 7. The number of ether oxygens (including phenoxy) is 1. The quantitative estimate of drug-likeness (QED) is 0.546. The number of carbonyl (C=O) groups is 3. The van der Waals surface area contributed by atoms with E-state index in [1.807, 2.05) is 37.3 Å². The van der Waals surface area contributed by atoms with Crippen LogP contribution in [0.5, 0.6) is 5.75 Å². The van der Waals surface area contributed by atoms with Gasteiger partial charge in [0.2, 0.25) is 5.91 Å². The van der Waals surface area contributed by atoms with Crippen LogP contribution < -0.4 is 15.4 Å². The van der Waals surface area contributed by atoms with Crippen LogP contribution in [-0.2, 0) is 4.79 Å². The summed E-state index contributed by atoms with van der Waals surface area (Å²) in [5, 5.41) is 15.6. The van der Waals surface area contributed by atoms with Gasteiger partial charge in [-0.15, -0.1) is 0 Å². The number of para-hydroxylation sites is 1. The molecule has 2 aromatic carbocycles. The molecule has 0 saturated heterocycles. The number of benzene rings is 2. The summed E-state index contributed by atoms with van der Waals surface area (Å²) < 4.78 is 6.33. The van der Waals surface area contributed by atoms with Crippen LogP contribution in [-0.4, -0.2) is 71.6 Å². The van der Waals surface area contributed by atoms with E-state index in [-0.39, 0.29) is 42.8 Å². The summed E-state index contributed by atoms with van der Waals surface area (Å²) in [6.07, 6.45) is 1.35. The van der Waals surface area contributed by atoms with Crippen LogP contribution in [0.2, 0.25) is 0 Å². The van der Waals surface area contributed by atoms with E-state index in [1.54, 1.807) is 42.0 Å². The number of hydrogen-bond donors (Lipinski definition) is 3. The number of nitrogens with one attached hydrogen (secondary N) is 2. The topological polar surface area (TPSA) is 111 Å². The number of urea groups is 1. The summed E-state index contributed by atoms with van der Waals surface area (Å²) in [6.45, 7) is 4.20. The van der Waals surface area contributed by atoms with Gasteiger partial charge in [0.05, 0.1) is 24.8 Å². The van der Waals surface area contributed by atoms with Gasteiger partial charge in [0, 0.05) is 36.8 Å². The predicted molar refractivity (Wildman–Crippen MR) is 137 cm³/mol. The Kier molecular flexibility index (Phi) is 7.79. The number of likely N-dealkylation sites (N-methyl/N-ethyl adjacent to an activating group) is 1. The molecule has 2 aromatic rings. The van der Waals surface area contributed by atoms with E-state index < -0.39 is 12.1 Å². The van der Waals surface area contributed by atoms with Gasteiger partial charge in [0.25, 0.3) is 5.91 Å². The van der Waals surface area contributed by atoms with Crippen molar-refractivity contribution in [1.82, 2.24) is 9.80 Å². The lowest BCUT2D eigenvalue weighted by atomic mass is 9.99. The molecule has 0 spiro atoms. The monoisotopic (exact) mass is 494 g/mol. The molecule has 0 unspecified atom stereocenters. The highest BCUT2D eigenvalue weighted by Gasteiger charge is 2.35. The number of amides is 4. The van der Waals surface area contributed by atoms with Gasteiger partial charge in [-0.25, -0.2) is 4.79 Å². The highest BCUT2D eigenvalue weighted by molar-refractivity contribution is 6.00. The first-order chi connectivity index (χ1) is 17.3. The van der Waals surface area contributed by atoms with Crippen molar-refractivity contribution in [2.75, 3.05) is 37.4 Å². The first-order valence-electron chi connectivity index (χ1n) is 12.4. The number of hydrogen-bond acceptors (Lipinski definition) is 5. The molecule has 192 valence electrons. The van der Waals surface area contributed by atoms with Crippen LogP contribution in [0.25, 0.3) is 0 Å². The van der Waals surface area contributed by atoms with E-state index in [0.29, 0.717) is 29.2 Å². The van der Waals surface area contributed by atoms with Crippen LogP contribution in [0.15, 0.2) is 48.5 Å². The average Bonchev–Trinajstić information content (AvgIpc) is 3.72. The van der Waals surface area contributed by atoms with E-state index >= 15 is 0 Å². The molecule has 1 saturated carbocycles. The lowest BCUT2D eigenvalue weighted by molar-refractivity contribution is -0.117. The zero-order valence-corrected chi connectivity index (χ0v) is 20.9. The molecular weight excluding hydrogens is 460 g/mol. The van der Waals surface area contributed by atoms with E-state index in [2.05, 4.69) is 10.6 Å². The van der Waals surface area contributed by atoms with Gasteiger partial charge in [0.1, 0.15) is 11.9 Å². The van der Waals surface area contributed by atoms with Crippen molar-refractivity contribution in [3.05, 3.63) is 54.1 Å². The number of aliphatic hydroxyl groups excluding tert-OH is 1. The summed E-state index contributed by atoms with van der Waals surface area (Å²) in [5.74, 6) is -0.0280. The maximum atomic E-state index is 13.5. The van der Waals surface area contributed by atoms with Gasteiger partial charge >= 0.3 is 6.03 Å². The molecule has 3 atom stereocenters. The Bertz CT molecular complexity index is 1100. The van der Waals surface area contributed by atoms with Gasteiger partial charge in [0.15, 0.2) is 0 Å². The third-order valence-electron chi connectivity index (χ3n) is 6.71. The Morgan fingerprint density at radius 2 is 1.86 bits per heavy atom. The SMILES string of the molecule is C[C@H]1CN([C@@H](C)CO)C(=O)c2cc(NC(=O)C3CC3)ccc2O[C@H]1CN(C)C(=O)Nc1ccccc1. The van der Waals surface area contributed by atoms with Gasteiger partial charge in [-0.2, -0.15) is 0 Å². The molecule has 1 aliphatic heterocycles. The van der Waals surface area contributed by atoms with Crippen LogP contribution in [0, 0.1) is 11.8 Å². The maximum absolute atomic E-state index is 13.5. The molecule has 0 bridgehead atoms. The lowest BCUT2D eigenvalue weighted by Gasteiger charge is -2.38. The molecule has 4 amide bonds. The summed E-state index contributed by atoms with van der Waals surface area (Å²) in [4.78, 5) is 41.8. The van der Waals surface area contributed by atoms with Crippen molar-refractivity contribution in [2.24, 2.45) is 11.8 Å². The average molecular weight is 495 g/mol. The Morgan fingerprint density at radius 1 is 1.14 bits per heavy atom. The van der Waals surface area contributed by atoms with Gasteiger partial charge in [-0.1, -0.05) is 25.1 Å². The molecule has 9 heteroatoms. The van der Waals surface area contributed by atoms with Gasteiger partial charge in [-0.3, -0.25) is 9.59 Å². The second-order valence-electron chi connectivity index (χ2n) is 9.77. The van der Waals surface area contributed by atoms with Crippen LogP contribution in [0.1, 0.15) is 37.0 Å². The highest BCUT2D eigenvalue weighted by Crippen LogP contribution is 2.33. The third-order valence-corrected chi connectivity index (χ3v) is 6.71. The molecule has 1 aliphatic carbocycles. The summed E-state index contributed by atoms with van der Waals surface area (Å²) in [6, 6.07) is 13.6. The molecule has 3 N–H and O–H groups in total. The van der Waals surface area contributed by atoms with E-state index in [9.17, 15) is 19.5 Å². The molecule has 2 aliphatic rings. The molecule has 0 aromatic heterocycles. The summed E-state index contributed by atoms with van der Waals surface area (Å²) in [7, 11) is 1.70. The van der Waals surface area contributed by atoms with E-state index in [4.69, 9.17) is 4.74 Å². The molecule has 1 fully saturated rings. The number of anilines is 2. The third kappa shape index (κ3) is 5.96. The number of aliphatic hydroxyl groups is 1. The van der Waals surface area contributed by atoms with Crippen molar-refractivity contribution in [3.63, 3.8) is 0 Å². The Morgan fingerprint density at radius 3 is 2.53 bits per heavy atom. The van der Waals surface area contributed by atoms with Crippen LogP contribution >= 0.6 is 0 Å². The molecule has 1 heterocycles. The van der Waals surface area contributed by atoms with Crippen molar-refractivity contribution >= 4 is 29.2 Å². The van der Waals surface area contributed by atoms with E-state index in [0.717, 1.165) is 12.8 Å². The Labute approximate surface area is 211 Å². The smallest absolute Gasteiger partial charge is 0.321 e. The number of carbonyl (C=O) groups excluding carboxylic acids is 3. The minimum atomic E-state index is -0.413. The molecule has 9 nitrogen and oxygen atoms in total. The normalized spacial score (nSPS) is 20.3. The van der Waals surface area contributed by atoms with Crippen molar-refractivity contribution in [2.45, 2.75) is 38.8 Å². The fourth-order valence-electron chi connectivity index (χ4n) is 4.20. The number of fused-ring (bicyclic) bond motifs is 1. The van der Waals surface area contributed by atoms with Crippen molar-refractivity contribution < 1.29 is 24.2 Å². The van der Waals surface area contributed by atoms with Crippen LogP contribution in [0.4, 0.5) is 16.2 Å². The first-order valence-corrected chi connectivity index (χ1v) is 12.4. The maximum Gasteiger partial charge on any atom is 0.321 e. The summed E-state index contributed by atoms with van der Waals surface area (Å²) in [5.41, 5.74) is 1.54. The molecule has 0 radical (unpaired) electrons. The minimum Gasteiger partial charge on any atom is -0.487 e. The van der Waals surface area contributed by atoms with Crippen molar-refractivity contribution in [3.8, 4) is 5.75 Å². The second kappa shape index (κ2) is 11.0. The summed E-state index contributed by atoms with van der Waals surface area (Å²) >= 11 is 0. The molecular formula is C27H34N4O5. The lowest BCUT2D eigenvalue weighted by Crippen LogP contribution is -2.50. The highest BCUT2D eigenvalue weighted by atomic mass is 16.5. The fourth-order valence-corrected chi connectivity index (χ4v) is 4.20. The zero-order chi connectivity index (χ0) is 25.8. The zero-order valence-electron chi connectivity index (χ0n) is 20.9. The van der Waals surface area contributed by atoms with E-state index in [1.165, 1.54) is 0 Å². The Balaban J connectivity index is 1.57. The Hall–Kier alpha value is -3.59. The number of nitrogens with zero attached hydrogens (tertiary/aromatic N) is 2. The van der Waals surface area contributed by atoms with Gasteiger partial charge < -0.3 is 30.3 Å². The molecule has 36 heavy (non-hydrogen) atoms. The second-order valence-corrected chi connectivity index (χ2v) is 9.77. The molecule has 4 rings (SSSR count). The fraction of sp³-hybridized carbons (Fsp3) is 0.444.